The molecule has 0 spiro atoms. The third kappa shape index (κ3) is 1.03. The molecule has 1 aliphatic carbocycles. The van der Waals surface area contributed by atoms with E-state index in [-0.39, 0.29) is 17.6 Å². The van der Waals surface area contributed by atoms with Crippen LogP contribution in [0, 0.1) is 11.8 Å². The predicted octanol–water partition coefficient (Wildman–Crippen LogP) is -0.266. The van der Waals surface area contributed by atoms with Gasteiger partial charge in [0.2, 0.25) is 0 Å². The first-order valence-corrected chi connectivity index (χ1v) is 6.04. The fourth-order valence-electron chi connectivity index (χ4n) is 3.38. The van der Waals surface area contributed by atoms with Crippen molar-refractivity contribution in [3.05, 3.63) is 22.1 Å². The van der Waals surface area contributed by atoms with Crippen LogP contribution in [0.1, 0.15) is 16.9 Å². The summed E-state index contributed by atoms with van der Waals surface area (Å²) in [4.78, 5) is 25.5. The van der Waals surface area contributed by atoms with Crippen molar-refractivity contribution in [2.75, 3.05) is 6.54 Å². The molecule has 2 fully saturated rings. The summed E-state index contributed by atoms with van der Waals surface area (Å²) >= 11 is 0. The summed E-state index contributed by atoms with van der Waals surface area (Å²) in [6.07, 6.45) is 2.41. The van der Waals surface area contributed by atoms with E-state index in [9.17, 15) is 19.8 Å². The normalized spacial score (nSPS) is 31.9. The lowest BCUT2D eigenvalue weighted by atomic mass is 10.1. The molecule has 1 amide bonds. The fourth-order valence-corrected chi connectivity index (χ4v) is 3.38. The number of rotatable bonds is 0. The minimum absolute atomic E-state index is 0.00958. The Morgan fingerprint density at radius 2 is 2.00 bits per heavy atom. The van der Waals surface area contributed by atoms with Gasteiger partial charge in [0, 0.05) is 13.1 Å². The Morgan fingerprint density at radius 3 is 2.78 bits per heavy atom. The third-order valence-corrected chi connectivity index (χ3v) is 4.39. The van der Waals surface area contributed by atoms with Crippen LogP contribution in [0.3, 0.4) is 0 Å². The summed E-state index contributed by atoms with van der Waals surface area (Å²) in [6, 6.07) is 0.149. The summed E-state index contributed by atoms with van der Waals surface area (Å²) in [7, 11) is 0. The predicted molar refractivity (Wildman–Crippen MR) is 60.5 cm³/mol. The average Bonchev–Trinajstić information content (AvgIpc) is 3.01. The molecular formula is C12H12N2O4. The molecule has 4 rings (SSSR count). The summed E-state index contributed by atoms with van der Waals surface area (Å²) in [6.45, 7) is 1.27. The van der Waals surface area contributed by atoms with Gasteiger partial charge in [-0.1, -0.05) is 0 Å². The van der Waals surface area contributed by atoms with Crippen LogP contribution >= 0.6 is 0 Å². The van der Waals surface area contributed by atoms with Crippen molar-refractivity contribution in [3.63, 3.8) is 0 Å². The highest BCUT2D eigenvalue weighted by Crippen LogP contribution is 2.51. The molecule has 0 aromatic carbocycles. The van der Waals surface area contributed by atoms with E-state index in [1.165, 1.54) is 10.8 Å². The summed E-state index contributed by atoms with van der Waals surface area (Å²) < 4.78 is 1.51. The largest absolute Gasteiger partial charge is 0.503 e. The molecule has 1 saturated carbocycles. The number of pyridine rings is 1. The monoisotopic (exact) mass is 248 g/mol. The smallest absolute Gasteiger partial charge is 0.274 e. The van der Waals surface area contributed by atoms with Gasteiger partial charge in [0.15, 0.2) is 17.2 Å². The summed E-state index contributed by atoms with van der Waals surface area (Å²) in [5, 5.41) is 19.2. The zero-order valence-electron chi connectivity index (χ0n) is 9.54. The van der Waals surface area contributed by atoms with Gasteiger partial charge < -0.3 is 19.7 Å². The van der Waals surface area contributed by atoms with Crippen molar-refractivity contribution in [1.82, 2.24) is 9.47 Å². The molecule has 0 radical (unpaired) electrons. The van der Waals surface area contributed by atoms with Crippen LogP contribution in [-0.2, 0) is 6.54 Å². The molecule has 3 heterocycles. The number of hydrogen-bond acceptors (Lipinski definition) is 4. The van der Waals surface area contributed by atoms with Crippen LogP contribution in [0.2, 0.25) is 0 Å². The van der Waals surface area contributed by atoms with E-state index < -0.39 is 16.9 Å². The highest BCUT2D eigenvalue weighted by atomic mass is 16.3. The molecule has 0 unspecified atom stereocenters. The Kier molecular flexibility index (Phi) is 1.60. The van der Waals surface area contributed by atoms with Gasteiger partial charge in [0.25, 0.3) is 11.3 Å². The van der Waals surface area contributed by atoms with Gasteiger partial charge in [-0.2, -0.15) is 0 Å². The Labute approximate surface area is 102 Å². The fraction of sp³-hybridized carbons (Fsp3) is 0.500. The average molecular weight is 248 g/mol. The maximum Gasteiger partial charge on any atom is 0.274 e. The second-order valence-corrected chi connectivity index (χ2v) is 5.38. The van der Waals surface area contributed by atoms with E-state index in [1.807, 2.05) is 0 Å². The molecule has 2 aliphatic heterocycles. The number of fused-ring (bicyclic) bond motifs is 4. The van der Waals surface area contributed by atoms with Crippen molar-refractivity contribution in [2.45, 2.75) is 19.0 Å². The second kappa shape index (κ2) is 2.88. The number of aromatic nitrogens is 1. The zero-order valence-corrected chi connectivity index (χ0v) is 9.54. The standard InChI is InChI=1S/C12H12N2O4/c15-8-4-13-3-7-6-1-5(6)2-14(7)12(18)9(13)11(17)10(8)16/h4-7,15,17H,1-3H2/t5-,6-,7-/m1/s1. The number of carbonyl (C=O) groups is 1. The van der Waals surface area contributed by atoms with Crippen LogP contribution in [0.25, 0.3) is 0 Å². The second-order valence-electron chi connectivity index (χ2n) is 5.38. The van der Waals surface area contributed by atoms with Crippen LogP contribution in [0.5, 0.6) is 11.5 Å². The first kappa shape index (κ1) is 9.99. The van der Waals surface area contributed by atoms with Crippen LogP contribution in [0.15, 0.2) is 11.0 Å². The van der Waals surface area contributed by atoms with Crippen LogP contribution in [-0.4, -0.2) is 38.2 Å². The van der Waals surface area contributed by atoms with Gasteiger partial charge in [-0.3, -0.25) is 9.59 Å². The van der Waals surface area contributed by atoms with Crippen LogP contribution in [0.4, 0.5) is 0 Å². The Hall–Kier alpha value is -1.98. The zero-order chi connectivity index (χ0) is 12.6. The minimum Gasteiger partial charge on any atom is -0.503 e. The van der Waals surface area contributed by atoms with E-state index in [0.29, 0.717) is 18.4 Å². The third-order valence-electron chi connectivity index (χ3n) is 4.39. The molecule has 6 nitrogen and oxygen atoms in total. The van der Waals surface area contributed by atoms with Gasteiger partial charge in [-0.15, -0.1) is 0 Å². The highest BCUT2D eigenvalue weighted by Gasteiger charge is 2.56. The van der Waals surface area contributed by atoms with E-state index in [4.69, 9.17) is 0 Å². The summed E-state index contributed by atoms with van der Waals surface area (Å²) in [5.41, 5.74) is -0.868. The van der Waals surface area contributed by atoms with Gasteiger partial charge >= 0.3 is 0 Å². The Morgan fingerprint density at radius 1 is 1.22 bits per heavy atom. The molecule has 1 aromatic heterocycles. The number of hydrogen-bond donors (Lipinski definition) is 2. The van der Waals surface area contributed by atoms with E-state index in [0.717, 1.165) is 13.0 Å². The van der Waals surface area contributed by atoms with Gasteiger partial charge in [0.1, 0.15) is 0 Å². The molecular weight excluding hydrogens is 236 g/mol. The van der Waals surface area contributed by atoms with E-state index >= 15 is 0 Å². The van der Waals surface area contributed by atoms with E-state index in [1.54, 1.807) is 4.90 Å². The number of carbonyl (C=O) groups excluding carboxylic acids is 1. The van der Waals surface area contributed by atoms with Gasteiger partial charge in [0.05, 0.1) is 12.2 Å². The molecule has 94 valence electrons. The molecule has 1 aromatic rings. The summed E-state index contributed by atoms with van der Waals surface area (Å²) in [5.74, 6) is -0.322. The van der Waals surface area contributed by atoms with Crippen molar-refractivity contribution in [3.8, 4) is 11.5 Å². The molecule has 0 bridgehead atoms. The lowest BCUT2D eigenvalue weighted by Crippen LogP contribution is -2.47. The Balaban J connectivity index is 1.91. The number of nitrogens with zero attached hydrogens (tertiary/aromatic N) is 2. The SMILES string of the molecule is O=C1c2c(O)c(=O)c(O)cn2C[C@@H]2[C@@H]3C[C@@H]3CN12. The first-order valence-electron chi connectivity index (χ1n) is 6.04. The maximum atomic E-state index is 12.3. The van der Waals surface area contributed by atoms with Crippen molar-refractivity contribution in [1.29, 1.82) is 0 Å². The van der Waals surface area contributed by atoms with Gasteiger partial charge in [-0.25, -0.2) is 0 Å². The molecule has 1 saturated heterocycles. The van der Waals surface area contributed by atoms with Crippen molar-refractivity contribution >= 4 is 5.91 Å². The molecule has 3 aliphatic rings. The van der Waals surface area contributed by atoms with Crippen LogP contribution < -0.4 is 5.43 Å². The highest BCUT2D eigenvalue weighted by molar-refractivity contribution is 5.96. The number of amides is 1. The molecule has 6 heteroatoms. The van der Waals surface area contributed by atoms with Crippen molar-refractivity contribution < 1.29 is 15.0 Å². The minimum atomic E-state index is -0.877. The Bertz CT molecular complexity index is 636. The van der Waals surface area contributed by atoms with Gasteiger partial charge in [-0.05, 0) is 18.3 Å². The number of aromatic hydroxyl groups is 2. The molecule has 3 atom stereocenters. The lowest BCUT2D eigenvalue weighted by molar-refractivity contribution is 0.0621. The van der Waals surface area contributed by atoms with Crippen molar-refractivity contribution in [2.24, 2.45) is 11.8 Å². The first-order chi connectivity index (χ1) is 8.58. The quantitative estimate of drug-likeness (QED) is 0.662. The lowest BCUT2D eigenvalue weighted by Gasteiger charge is -2.34. The topological polar surface area (TPSA) is 82.8 Å². The van der Waals surface area contributed by atoms with E-state index in [2.05, 4.69) is 0 Å². The number of piperidine rings is 1. The maximum absolute atomic E-state index is 12.3. The molecule has 18 heavy (non-hydrogen) atoms. The molecule has 2 N–H and O–H groups in total.